The fraction of sp³-hybridized carbons (Fsp3) is 0.467. The second-order valence-electron chi connectivity index (χ2n) is 5.79. The van der Waals surface area contributed by atoms with Crippen molar-refractivity contribution in [3.8, 4) is 0 Å². The van der Waals surface area contributed by atoms with Gasteiger partial charge in [-0.3, -0.25) is 9.59 Å². The predicted octanol–water partition coefficient (Wildman–Crippen LogP) is 1.57. The van der Waals surface area contributed by atoms with Crippen LogP contribution in [0.5, 0.6) is 0 Å². The molecular weight excluding hydrogens is 320 g/mol. The van der Waals surface area contributed by atoms with Crippen LogP contribution in [0.3, 0.4) is 0 Å². The Morgan fingerprint density at radius 1 is 1.20 bits per heavy atom. The van der Waals surface area contributed by atoms with Gasteiger partial charge in [-0.1, -0.05) is 28.1 Å². The molecule has 1 saturated carbocycles. The first kappa shape index (κ1) is 13.6. The molecule has 2 amide bonds. The second kappa shape index (κ2) is 5.20. The van der Waals surface area contributed by atoms with E-state index in [4.69, 9.17) is 5.73 Å². The highest BCUT2D eigenvalue weighted by Gasteiger charge is 2.50. The van der Waals surface area contributed by atoms with Crippen LogP contribution in [-0.2, 0) is 16.0 Å². The van der Waals surface area contributed by atoms with Crippen molar-refractivity contribution < 1.29 is 9.59 Å². The van der Waals surface area contributed by atoms with Gasteiger partial charge >= 0.3 is 0 Å². The van der Waals surface area contributed by atoms with Crippen molar-refractivity contribution in [1.82, 2.24) is 4.90 Å². The number of hydrogen-bond acceptors (Lipinski definition) is 2. The monoisotopic (exact) mass is 336 g/mol. The summed E-state index contributed by atoms with van der Waals surface area (Å²) in [7, 11) is 0. The molecule has 3 rings (SSSR count). The molecule has 0 aromatic heterocycles. The van der Waals surface area contributed by atoms with Crippen molar-refractivity contribution in [1.29, 1.82) is 0 Å². The van der Waals surface area contributed by atoms with Crippen LogP contribution in [0.4, 0.5) is 0 Å². The van der Waals surface area contributed by atoms with Crippen molar-refractivity contribution in [2.45, 2.75) is 12.8 Å². The molecule has 5 heteroatoms. The Kier molecular flexibility index (Phi) is 3.54. The molecule has 1 heterocycles. The highest BCUT2D eigenvalue weighted by Crippen LogP contribution is 2.41. The summed E-state index contributed by atoms with van der Waals surface area (Å²) in [6, 6.07) is 8.30. The van der Waals surface area contributed by atoms with Gasteiger partial charge in [0.25, 0.3) is 0 Å². The number of benzene rings is 1. The standard InChI is InChI=1S/C15H17BrN2O2/c16-11-3-1-9(2-4-11)5-10-7-18(8-10)15(20)13-6-12(13)14(17)19/h1-4,10,12-13H,5-8H2,(H2,17,19)/t12-,13+/m1/s1. The zero-order valence-corrected chi connectivity index (χ0v) is 12.7. The number of nitrogens with two attached hydrogens (primary N) is 1. The number of carbonyl (C=O) groups is 2. The molecule has 1 aliphatic carbocycles. The lowest BCUT2D eigenvalue weighted by Crippen LogP contribution is -2.51. The zero-order chi connectivity index (χ0) is 14.3. The number of carbonyl (C=O) groups excluding carboxylic acids is 2. The van der Waals surface area contributed by atoms with E-state index in [1.165, 1.54) is 5.56 Å². The molecule has 2 aliphatic rings. The Bertz CT molecular complexity index is 537. The zero-order valence-electron chi connectivity index (χ0n) is 11.1. The van der Waals surface area contributed by atoms with Crippen LogP contribution < -0.4 is 5.73 Å². The van der Waals surface area contributed by atoms with Crippen molar-refractivity contribution in [2.75, 3.05) is 13.1 Å². The topological polar surface area (TPSA) is 63.4 Å². The van der Waals surface area contributed by atoms with Crippen LogP contribution in [0.1, 0.15) is 12.0 Å². The molecule has 0 radical (unpaired) electrons. The molecule has 2 N–H and O–H groups in total. The number of hydrogen-bond donors (Lipinski definition) is 1. The summed E-state index contributed by atoms with van der Waals surface area (Å²) in [4.78, 5) is 24.9. The van der Waals surface area contributed by atoms with Gasteiger partial charge in [0.2, 0.25) is 11.8 Å². The van der Waals surface area contributed by atoms with Crippen molar-refractivity contribution in [2.24, 2.45) is 23.5 Å². The minimum atomic E-state index is -0.338. The summed E-state index contributed by atoms with van der Waals surface area (Å²) in [5.41, 5.74) is 6.51. The van der Waals surface area contributed by atoms with E-state index in [1.54, 1.807) is 0 Å². The average molecular weight is 337 g/mol. The Balaban J connectivity index is 1.46. The molecule has 1 aromatic carbocycles. The average Bonchev–Trinajstić information content (AvgIpc) is 3.15. The van der Waals surface area contributed by atoms with Gasteiger partial charge < -0.3 is 10.6 Å². The van der Waals surface area contributed by atoms with Crippen molar-refractivity contribution >= 4 is 27.7 Å². The first-order chi connectivity index (χ1) is 9.54. The third kappa shape index (κ3) is 2.73. The maximum atomic E-state index is 12.1. The molecule has 2 fully saturated rings. The fourth-order valence-corrected chi connectivity index (χ4v) is 3.11. The summed E-state index contributed by atoms with van der Waals surface area (Å²) < 4.78 is 1.08. The third-order valence-corrected chi connectivity index (χ3v) is 4.71. The summed E-state index contributed by atoms with van der Waals surface area (Å²) in [5, 5.41) is 0. The molecule has 0 unspecified atom stereocenters. The van der Waals surface area contributed by atoms with E-state index in [1.807, 2.05) is 17.0 Å². The van der Waals surface area contributed by atoms with Crippen LogP contribution in [0.25, 0.3) is 0 Å². The largest absolute Gasteiger partial charge is 0.369 e. The summed E-state index contributed by atoms with van der Waals surface area (Å²) in [6.07, 6.45) is 1.64. The number of nitrogens with zero attached hydrogens (tertiary/aromatic N) is 1. The Labute approximate surface area is 126 Å². The first-order valence-corrected chi connectivity index (χ1v) is 7.66. The van der Waals surface area contributed by atoms with Crippen molar-refractivity contribution in [3.05, 3.63) is 34.3 Å². The summed E-state index contributed by atoms with van der Waals surface area (Å²) in [6.45, 7) is 1.60. The molecule has 1 aromatic rings. The fourth-order valence-electron chi connectivity index (χ4n) is 2.85. The molecule has 4 nitrogen and oxygen atoms in total. The maximum absolute atomic E-state index is 12.1. The van der Waals surface area contributed by atoms with E-state index in [9.17, 15) is 9.59 Å². The second-order valence-corrected chi connectivity index (χ2v) is 6.71. The van der Waals surface area contributed by atoms with Crippen LogP contribution in [0, 0.1) is 17.8 Å². The first-order valence-electron chi connectivity index (χ1n) is 6.87. The van der Waals surface area contributed by atoms with E-state index in [0.717, 1.165) is 24.0 Å². The van der Waals surface area contributed by atoms with E-state index in [2.05, 4.69) is 28.1 Å². The Morgan fingerprint density at radius 3 is 2.40 bits per heavy atom. The van der Waals surface area contributed by atoms with Gasteiger partial charge in [0.15, 0.2) is 0 Å². The SMILES string of the molecule is NC(=O)[C@@H]1C[C@@H]1C(=O)N1CC(Cc2ccc(Br)cc2)C1. The van der Waals surface area contributed by atoms with Crippen LogP contribution in [-0.4, -0.2) is 29.8 Å². The molecule has 1 saturated heterocycles. The lowest BCUT2D eigenvalue weighted by atomic mass is 9.92. The maximum Gasteiger partial charge on any atom is 0.226 e. The van der Waals surface area contributed by atoms with Crippen LogP contribution in [0.2, 0.25) is 0 Å². The van der Waals surface area contributed by atoms with Gasteiger partial charge in [0.05, 0.1) is 11.8 Å². The molecule has 1 aliphatic heterocycles. The number of halogens is 1. The minimum Gasteiger partial charge on any atom is -0.369 e. The van der Waals surface area contributed by atoms with Gasteiger partial charge in [-0.05, 0) is 36.5 Å². The van der Waals surface area contributed by atoms with Gasteiger partial charge in [0.1, 0.15) is 0 Å². The van der Waals surface area contributed by atoms with Gasteiger partial charge in [0, 0.05) is 17.6 Å². The minimum absolute atomic E-state index is 0.112. The lowest BCUT2D eigenvalue weighted by Gasteiger charge is -2.39. The molecule has 0 bridgehead atoms. The number of likely N-dealkylation sites (tertiary alicyclic amines) is 1. The Morgan fingerprint density at radius 2 is 1.85 bits per heavy atom. The molecule has 2 atom stereocenters. The van der Waals surface area contributed by atoms with E-state index >= 15 is 0 Å². The highest BCUT2D eigenvalue weighted by molar-refractivity contribution is 9.10. The normalized spacial score (nSPS) is 25.1. The number of amides is 2. The van der Waals surface area contributed by atoms with Gasteiger partial charge in [-0.25, -0.2) is 0 Å². The predicted molar refractivity (Wildman–Crippen MR) is 78.7 cm³/mol. The summed E-state index contributed by atoms with van der Waals surface area (Å²) >= 11 is 3.42. The highest BCUT2D eigenvalue weighted by atomic mass is 79.9. The van der Waals surface area contributed by atoms with Gasteiger partial charge in [-0.2, -0.15) is 0 Å². The van der Waals surface area contributed by atoms with E-state index in [0.29, 0.717) is 12.3 Å². The molecule has 0 spiro atoms. The van der Waals surface area contributed by atoms with Crippen molar-refractivity contribution in [3.63, 3.8) is 0 Å². The summed E-state index contributed by atoms with van der Waals surface area (Å²) in [5.74, 6) is -0.0452. The smallest absolute Gasteiger partial charge is 0.226 e. The quantitative estimate of drug-likeness (QED) is 0.907. The third-order valence-electron chi connectivity index (χ3n) is 4.18. The number of primary amides is 1. The molecule has 106 valence electrons. The van der Waals surface area contributed by atoms with Crippen LogP contribution in [0.15, 0.2) is 28.7 Å². The Hall–Kier alpha value is -1.36. The van der Waals surface area contributed by atoms with E-state index < -0.39 is 0 Å². The van der Waals surface area contributed by atoms with Crippen LogP contribution >= 0.6 is 15.9 Å². The van der Waals surface area contributed by atoms with Gasteiger partial charge in [-0.15, -0.1) is 0 Å². The molecule has 20 heavy (non-hydrogen) atoms. The molecular formula is C15H17BrN2O2. The number of rotatable bonds is 4. The lowest BCUT2D eigenvalue weighted by molar-refractivity contribution is -0.140. The van der Waals surface area contributed by atoms with E-state index in [-0.39, 0.29) is 23.7 Å².